The minimum atomic E-state index is -3.86. The van der Waals surface area contributed by atoms with Crippen LogP contribution in [0, 0.1) is 5.41 Å². The van der Waals surface area contributed by atoms with E-state index in [4.69, 9.17) is 17.3 Å². The molecule has 0 aromatic heterocycles. The van der Waals surface area contributed by atoms with Crippen molar-refractivity contribution in [1.82, 2.24) is 0 Å². The molecule has 1 aliphatic rings. The first-order valence-corrected chi connectivity index (χ1v) is 9.26. The number of aliphatic carboxylic acids is 1. The van der Waals surface area contributed by atoms with E-state index < -0.39 is 32.4 Å². The minimum Gasteiger partial charge on any atom is -0.481 e. The maximum atomic E-state index is 13.0. The molecule has 1 fully saturated rings. The molecule has 24 heavy (non-hydrogen) atoms. The van der Waals surface area contributed by atoms with Crippen molar-refractivity contribution in [3.05, 3.63) is 65.2 Å². The van der Waals surface area contributed by atoms with Crippen LogP contribution in [-0.2, 0) is 14.6 Å². The van der Waals surface area contributed by atoms with E-state index in [1.165, 1.54) is 24.3 Å². The second-order valence-corrected chi connectivity index (χ2v) is 8.36. The van der Waals surface area contributed by atoms with Crippen molar-refractivity contribution in [2.45, 2.75) is 16.1 Å². The maximum absolute atomic E-state index is 13.0. The first-order valence-electron chi connectivity index (χ1n) is 7.33. The fourth-order valence-electron chi connectivity index (χ4n) is 3.35. The van der Waals surface area contributed by atoms with Crippen LogP contribution in [0.15, 0.2) is 59.5 Å². The van der Waals surface area contributed by atoms with E-state index in [0.717, 1.165) is 0 Å². The number of benzene rings is 2. The summed E-state index contributed by atoms with van der Waals surface area (Å²) in [5.41, 5.74) is 4.87. The Kier molecular flexibility index (Phi) is 4.15. The zero-order chi connectivity index (χ0) is 17.5. The predicted octanol–water partition coefficient (Wildman–Crippen LogP) is 2.31. The number of carboxylic acids is 1. The lowest BCUT2D eigenvalue weighted by atomic mass is 9.99. The molecule has 0 saturated heterocycles. The third-order valence-corrected chi connectivity index (χ3v) is 7.17. The van der Waals surface area contributed by atoms with Gasteiger partial charge in [-0.2, -0.15) is 0 Å². The number of sulfone groups is 1. The summed E-state index contributed by atoms with van der Waals surface area (Å²) in [6, 6.07) is 14.5. The average Bonchev–Trinajstić information content (AvgIpc) is 3.28. The molecule has 5 nitrogen and oxygen atoms in total. The number of carboxylic acid groups (broad SMARTS) is 1. The summed E-state index contributed by atoms with van der Waals surface area (Å²) >= 11 is 5.81. The standard InChI is InChI=1S/C17H16ClNO4S/c18-12-6-8-13(9-7-12)24(22,23)15-14(11-4-2-1-3-5-11)17(15,10-19)16(20)21/h1-9,14-15H,10,19H2,(H,20,21)/t14-,15-,17-/m0/s1. The quantitative estimate of drug-likeness (QED) is 0.847. The Balaban J connectivity index is 2.11. The van der Waals surface area contributed by atoms with E-state index in [-0.39, 0.29) is 11.4 Å². The number of hydrogen-bond acceptors (Lipinski definition) is 4. The lowest BCUT2D eigenvalue weighted by Gasteiger charge is -2.10. The zero-order valence-corrected chi connectivity index (χ0v) is 14.2. The molecular formula is C17H16ClNO4S. The molecule has 1 aliphatic carbocycles. The number of nitrogens with two attached hydrogens (primary N) is 1. The normalized spacial score (nSPS) is 26.1. The minimum absolute atomic E-state index is 0.0504. The van der Waals surface area contributed by atoms with Crippen molar-refractivity contribution in [3.8, 4) is 0 Å². The molecule has 0 heterocycles. The van der Waals surface area contributed by atoms with Crippen LogP contribution >= 0.6 is 11.6 Å². The maximum Gasteiger partial charge on any atom is 0.312 e. The molecule has 3 atom stereocenters. The Morgan fingerprint density at radius 2 is 1.71 bits per heavy atom. The van der Waals surface area contributed by atoms with E-state index in [9.17, 15) is 18.3 Å². The van der Waals surface area contributed by atoms with Gasteiger partial charge in [-0.05, 0) is 29.8 Å². The summed E-state index contributed by atoms with van der Waals surface area (Å²) in [7, 11) is -3.86. The van der Waals surface area contributed by atoms with Crippen LogP contribution in [0.3, 0.4) is 0 Å². The molecule has 1 saturated carbocycles. The van der Waals surface area contributed by atoms with Crippen molar-refractivity contribution in [2.75, 3.05) is 6.54 Å². The molecule has 0 amide bonds. The molecule has 126 valence electrons. The number of carbonyl (C=O) groups is 1. The van der Waals surface area contributed by atoms with Crippen molar-refractivity contribution in [3.63, 3.8) is 0 Å². The summed E-state index contributed by atoms with van der Waals surface area (Å²) < 4.78 is 26.0. The highest BCUT2D eigenvalue weighted by Gasteiger charge is 2.75. The molecule has 0 unspecified atom stereocenters. The lowest BCUT2D eigenvalue weighted by molar-refractivity contribution is -0.143. The second kappa shape index (κ2) is 5.88. The van der Waals surface area contributed by atoms with Gasteiger partial charge in [0.05, 0.1) is 10.1 Å². The van der Waals surface area contributed by atoms with Crippen LogP contribution in [-0.4, -0.2) is 31.3 Å². The van der Waals surface area contributed by atoms with Gasteiger partial charge in [0.15, 0.2) is 9.84 Å². The van der Waals surface area contributed by atoms with Crippen molar-refractivity contribution < 1.29 is 18.3 Å². The van der Waals surface area contributed by atoms with Gasteiger partial charge < -0.3 is 10.8 Å². The first-order chi connectivity index (χ1) is 11.4. The molecule has 7 heteroatoms. The highest BCUT2D eigenvalue weighted by atomic mass is 35.5. The van der Waals surface area contributed by atoms with Crippen molar-refractivity contribution >= 4 is 27.4 Å². The van der Waals surface area contributed by atoms with Crippen LogP contribution in [0.1, 0.15) is 11.5 Å². The molecule has 0 bridgehead atoms. The largest absolute Gasteiger partial charge is 0.481 e. The summed E-state index contributed by atoms with van der Waals surface area (Å²) in [4.78, 5) is 11.9. The predicted molar refractivity (Wildman–Crippen MR) is 90.7 cm³/mol. The fourth-order valence-corrected chi connectivity index (χ4v) is 5.86. The molecule has 0 radical (unpaired) electrons. The molecule has 0 aliphatic heterocycles. The molecule has 0 spiro atoms. The summed E-state index contributed by atoms with van der Waals surface area (Å²) in [5, 5.41) is 9.00. The average molecular weight is 366 g/mol. The molecule has 3 rings (SSSR count). The van der Waals surface area contributed by atoms with E-state index in [1.54, 1.807) is 30.3 Å². The van der Waals surface area contributed by atoms with Gasteiger partial charge in [-0.15, -0.1) is 0 Å². The highest BCUT2D eigenvalue weighted by Crippen LogP contribution is 2.63. The molecule has 2 aromatic carbocycles. The van der Waals surface area contributed by atoms with Crippen LogP contribution in [0.5, 0.6) is 0 Å². The third-order valence-electron chi connectivity index (χ3n) is 4.63. The SMILES string of the molecule is NC[C@]1(C(=O)O)[C@@H](c2ccccc2)[C@@H]1S(=O)(=O)c1ccc(Cl)cc1. The fraction of sp³-hybridized carbons (Fsp3) is 0.235. The van der Waals surface area contributed by atoms with Crippen LogP contribution in [0.25, 0.3) is 0 Å². The number of hydrogen-bond donors (Lipinski definition) is 2. The molecule has 2 aromatic rings. The third kappa shape index (κ3) is 2.42. The van der Waals surface area contributed by atoms with E-state index in [2.05, 4.69) is 0 Å². The summed E-state index contributed by atoms with van der Waals surface area (Å²) in [6.07, 6.45) is 0. The van der Waals surface area contributed by atoms with Crippen LogP contribution in [0.4, 0.5) is 0 Å². The van der Waals surface area contributed by atoms with Gasteiger partial charge in [0.25, 0.3) is 0 Å². The van der Waals surface area contributed by atoms with Crippen molar-refractivity contribution in [2.24, 2.45) is 11.1 Å². The topological polar surface area (TPSA) is 97.5 Å². The molecule has 3 N–H and O–H groups in total. The Morgan fingerprint density at radius 1 is 1.12 bits per heavy atom. The zero-order valence-electron chi connectivity index (χ0n) is 12.6. The summed E-state index contributed by atoms with van der Waals surface area (Å²) in [5.74, 6) is -1.87. The highest BCUT2D eigenvalue weighted by molar-refractivity contribution is 7.92. The Bertz CT molecular complexity index is 867. The Morgan fingerprint density at radius 3 is 2.21 bits per heavy atom. The lowest BCUT2D eigenvalue weighted by Crippen LogP contribution is -2.31. The van der Waals surface area contributed by atoms with Gasteiger partial charge in [0.1, 0.15) is 5.41 Å². The second-order valence-electron chi connectivity index (χ2n) is 5.86. The van der Waals surface area contributed by atoms with Crippen LogP contribution in [0.2, 0.25) is 5.02 Å². The van der Waals surface area contributed by atoms with E-state index in [1.807, 2.05) is 0 Å². The van der Waals surface area contributed by atoms with Gasteiger partial charge in [-0.3, -0.25) is 4.79 Å². The van der Waals surface area contributed by atoms with Gasteiger partial charge in [-0.25, -0.2) is 8.42 Å². The smallest absolute Gasteiger partial charge is 0.312 e. The Labute approximate surface area is 145 Å². The van der Waals surface area contributed by atoms with E-state index >= 15 is 0 Å². The van der Waals surface area contributed by atoms with Gasteiger partial charge >= 0.3 is 5.97 Å². The van der Waals surface area contributed by atoms with E-state index in [0.29, 0.717) is 10.6 Å². The molecular weight excluding hydrogens is 350 g/mol. The monoisotopic (exact) mass is 365 g/mol. The Hall–Kier alpha value is -1.89. The van der Waals surface area contributed by atoms with Crippen LogP contribution < -0.4 is 5.73 Å². The van der Waals surface area contributed by atoms with Gasteiger partial charge in [0, 0.05) is 17.5 Å². The summed E-state index contributed by atoms with van der Waals surface area (Å²) in [6.45, 7) is -0.251. The number of halogens is 1. The van der Waals surface area contributed by atoms with Gasteiger partial charge in [-0.1, -0.05) is 41.9 Å². The first kappa shape index (κ1) is 17.0. The van der Waals surface area contributed by atoms with Crippen molar-refractivity contribution in [1.29, 1.82) is 0 Å². The van der Waals surface area contributed by atoms with Gasteiger partial charge in [0.2, 0.25) is 0 Å². The number of rotatable bonds is 5.